The molecule has 6 rings (SSSR count). The molecule has 0 bridgehead atoms. The Morgan fingerprint density at radius 1 is 1.07 bits per heavy atom. The van der Waals surface area contributed by atoms with Crippen molar-refractivity contribution >= 4 is 16.2 Å². The highest BCUT2D eigenvalue weighted by Gasteiger charge is 2.27. The molecule has 40 heavy (non-hydrogen) atoms. The van der Waals surface area contributed by atoms with Crippen LogP contribution in [0.4, 0.5) is 0 Å². The molecule has 9 nitrogen and oxygen atoms in total. The lowest BCUT2D eigenvalue weighted by Crippen LogP contribution is -2.27. The number of aryl methyl sites for hydroxylation is 3. The number of methoxy groups -OCH3 is 1. The molecule has 0 radical (unpaired) electrons. The van der Waals surface area contributed by atoms with E-state index in [1.807, 2.05) is 31.2 Å². The molecule has 5 heterocycles. The van der Waals surface area contributed by atoms with Gasteiger partial charge >= 0.3 is 0 Å². The van der Waals surface area contributed by atoms with Gasteiger partial charge in [0.25, 0.3) is 5.56 Å². The SMILES string of the molecule is COc1ccccc1[C@H](Cc1cc(CCc2ncco2)c(=O)n2c(C)c(-c3ncco3)sc12)OC1CCOCC1. The van der Waals surface area contributed by atoms with Crippen molar-refractivity contribution in [3.05, 3.63) is 93.9 Å². The van der Waals surface area contributed by atoms with Crippen LogP contribution < -0.4 is 10.3 Å². The number of rotatable bonds is 10. The number of hydrogen-bond donors (Lipinski definition) is 0. The molecule has 1 aliphatic heterocycles. The van der Waals surface area contributed by atoms with Crippen LogP contribution in [0.15, 0.2) is 68.9 Å². The van der Waals surface area contributed by atoms with Crippen molar-refractivity contribution in [1.82, 2.24) is 14.4 Å². The quantitative estimate of drug-likeness (QED) is 0.218. The predicted octanol–water partition coefficient (Wildman–Crippen LogP) is 5.59. The lowest BCUT2D eigenvalue weighted by molar-refractivity contribution is -0.0699. The summed E-state index contributed by atoms with van der Waals surface area (Å²) in [5.74, 6) is 1.87. The van der Waals surface area contributed by atoms with Gasteiger partial charge in [-0.2, -0.15) is 0 Å². The Morgan fingerprint density at radius 2 is 1.88 bits per heavy atom. The molecule has 1 aliphatic rings. The maximum absolute atomic E-state index is 13.8. The number of para-hydroxylation sites is 1. The average molecular weight is 562 g/mol. The first-order valence-electron chi connectivity index (χ1n) is 13.4. The third-order valence-corrected chi connectivity index (χ3v) is 8.61. The second-order valence-corrected chi connectivity index (χ2v) is 10.8. The Kier molecular flexibility index (Phi) is 7.81. The molecule has 0 N–H and O–H groups in total. The first-order chi connectivity index (χ1) is 19.6. The molecule has 5 aromatic rings. The molecule has 0 amide bonds. The van der Waals surface area contributed by atoms with Crippen molar-refractivity contribution < 1.29 is 23.0 Å². The molecule has 10 heteroatoms. The van der Waals surface area contributed by atoms with E-state index in [1.165, 1.54) is 11.3 Å². The molecule has 1 saturated heterocycles. The number of benzene rings is 1. The molecule has 4 aromatic heterocycles. The van der Waals surface area contributed by atoms with Crippen molar-refractivity contribution in [2.24, 2.45) is 0 Å². The summed E-state index contributed by atoms with van der Waals surface area (Å²) in [6, 6.07) is 9.99. The van der Waals surface area contributed by atoms with Crippen LogP contribution in [0.25, 0.3) is 15.6 Å². The molecular formula is C30H31N3O6S. The number of ether oxygens (including phenoxy) is 3. The molecular weight excluding hydrogens is 530 g/mol. The summed E-state index contributed by atoms with van der Waals surface area (Å²) in [7, 11) is 1.68. The van der Waals surface area contributed by atoms with Gasteiger partial charge in [0.1, 0.15) is 28.0 Å². The van der Waals surface area contributed by atoms with Crippen molar-refractivity contribution in [2.45, 2.75) is 51.2 Å². The molecule has 0 spiro atoms. The van der Waals surface area contributed by atoms with Gasteiger partial charge in [0.05, 0.1) is 31.7 Å². The van der Waals surface area contributed by atoms with Crippen LogP contribution in [-0.4, -0.2) is 40.8 Å². The fourth-order valence-corrected chi connectivity index (χ4v) is 6.49. The van der Waals surface area contributed by atoms with E-state index < -0.39 is 0 Å². The zero-order valence-corrected chi connectivity index (χ0v) is 23.3. The van der Waals surface area contributed by atoms with Gasteiger partial charge in [0, 0.05) is 42.9 Å². The highest BCUT2D eigenvalue weighted by atomic mass is 32.1. The first kappa shape index (κ1) is 26.5. The topological polar surface area (TPSA) is 101 Å². The molecule has 1 aromatic carbocycles. The summed E-state index contributed by atoms with van der Waals surface area (Å²) in [4.78, 5) is 24.1. The van der Waals surface area contributed by atoms with E-state index in [1.54, 1.807) is 36.4 Å². The maximum atomic E-state index is 13.8. The van der Waals surface area contributed by atoms with Gasteiger partial charge in [0.15, 0.2) is 5.89 Å². The highest BCUT2D eigenvalue weighted by molar-refractivity contribution is 7.21. The number of thiazole rings is 1. The molecule has 1 atom stereocenters. The summed E-state index contributed by atoms with van der Waals surface area (Å²) in [6.07, 6.45) is 9.37. The summed E-state index contributed by atoms with van der Waals surface area (Å²) >= 11 is 1.51. The van der Waals surface area contributed by atoms with E-state index >= 15 is 0 Å². The van der Waals surface area contributed by atoms with Gasteiger partial charge in [-0.3, -0.25) is 9.20 Å². The van der Waals surface area contributed by atoms with Gasteiger partial charge in [-0.05, 0) is 43.9 Å². The molecule has 0 aliphatic carbocycles. The minimum absolute atomic E-state index is 0.0592. The van der Waals surface area contributed by atoms with Crippen LogP contribution in [0.1, 0.15) is 47.2 Å². The number of fused-ring (bicyclic) bond motifs is 1. The summed E-state index contributed by atoms with van der Waals surface area (Å²) < 4.78 is 30.9. The Bertz CT molecular complexity index is 1620. The fraction of sp³-hybridized carbons (Fsp3) is 0.367. The lowest BCUT2D eigenvalue weighted by Gasteiger charge is -2.29. The molecule has 0 saturated carbocycles. The van der Waals surface area contributed by atoms with Gasteiger partial charge in [-0.25, -0.2) is 9.97 Å². The van der Waals surface area contributed by atoms with Crippen LogP contribution in [0.5, 0.6) is 5.75 Å². The molecule has 1 fully saturated rings. The second kappa shape index (κ2) is 11.8. The van der Waals surface area contributed by atoms with Crippen molar-refractivity contribution in [3.63, 3.8) is 0 Å². The van der Waals surface area contributed by atoms with E-state index in [-0.39, 0.29) is 17.8 Å². The van der Waals surface area contributed by atoms with E-state index in [4.69, 9.17) is 23.0 Å². The van der Waals surface area contributed by atoms with Gasteiger partial charge in [-0.1, -0.05) is 18.2 Å². The Balaban J connectivity index is 1.46. The van der Waals surface area contributed by atoms with Crippen molar-refractivity contribution in [1.29, 1.82) is 0 Å². The minimum atomic E-state index is -0.285. The highest BCUT2D eigenvalue weighted by Crippen LogP contribution is 2.37. The average Bonchev–Trinajstić information content (AvgIpc) is 3.76. The van der Waals surface area contributed by atoms with Crippen LogP contribution in [0, 0.1) is 6.92 Å². The fourth-order valence-electron chi connectivity index (χ4n) is 5.29. The second-order valence-electron chi connectivity index (χ2n) is 9.80. The third-order valence-electron chi connectivity index (χ3n) is 7.30. The van der Waals surface area contributed by atoms with Crippen LogP contribution >= 0.6 is 11.3 Å². The third kappa shape index (κ3) is 5.34. The van der Waals surface area contributed by atoms with E-state index in [0.29, 0.717) is 49.8 Å². The van der Waals surface area contributed by atoms with Crippen LogP contribution in [0.2, 0.25) is 0 Å². The number of oxazole rings is 2. The molecule has 0 unspecified atom stereocenters. The smallest absolute Gasteiger partial charge is 0.259 e. The zero-order chi connectivity index (χ0) is 27.5. The largest absolute Gasteiger partial charge is 0.496 e. The van der Waals surface area contributed by atoms with Crippen molar-refractivity contribution in [2.75, 3.05) is 20.3 Å². The Morgan fingerprint density at radius 3 is 2.62 bits per heavy atom. The van der Waals surface area contributed by atoms with E-state index in [0.717, 1.165) is 45.1 Å². The predicted molar refractivity (Wildman–Crippen MR) is 150 cm³/mol. The number of pyridine rings is 1. The summed E-state index contributed by atoms with van der Waals surface area (Å²) in [5.41, 5.74) is 3.41. The number of nitrogens with zero attached hydrogens (tertiary/aromatic N) is 3. The van der Waals surface area contributed by atoms with Gasteiger partial charge in [0.2, 0.25) is 5.89 Å². The van der Waals surface area contributed by atoms with Crippen LogP contribution in [0.3, 0.4) is 0 Å². The van der Waals surface area contributed by atoms with Gasteiger partial charge < -0.3 is 23.0 Å². The van der Waals surface area contributed by atoms with Gasteiger partial charge in [-0.15, -0.1) is 11.3 Å². The summed E-state index contributed by atoms with van der Waals surface area (Å²) in [6.45, 7) is 3.30. The maximum Gasteiger partial charge on any atom is 0.259 e. The Hall–Kier alpha value is -3.73. The monoisotopic (exact) mass is 561 g/mol. The first-order valence-corrected chi connectivity index (χ1v) is 14.2. The Labute approximate surface area is 235 Å². The normalized spacial score (nSPS) is 15.1. The molecule has 208 valence electrons. The number of hydrogen-bond acceptors (Lipinski definition) is 9. The van der Waals surface area contributed by atoms with E-state index in [9.17, 15) is 4.79 Å². The summed E-state index contributed by atoms with van der Waals surface area (Å²) in [5, 5.41) is 0. The van der Waals surface area contributed by atoms with Crippen LogP contribution in [-0.2, 0) is 28.7 Å². The zero-order valence-electron chi connectivity index (χ0n) is 22.5. The standard InChI is InChI=1S/C30H31N3O6S/c1-19-27(28-32-12-16-38-28)40-30-21(17-20(29(34)33(19)30)7-8-26-31-11-15-37-26)18-25(39-22-9-13-36-14-10-22)23-5-3-4-6-24(23)35-2/h3-6,11-12,15-17,22,25H,7-10,13-14,18H2,1-2H3/t25-/m0/s1. The van der Waals surface area contributed by atoms with Crippen molar-refractivity contribution in [3.8, 4) is 16.5 Å². The number of aromatic nitrogens is 3. The minimum Gasteiger partial charge on any atom is -0.496 e. The van der Waals surface area contributed by atoms with E-state index in [2.05, 4.69) is 16.0 Å². The lowest BCUT2D eigenvalue weighted by atomic mass is 9.98.